The number of hydrogen-bond donors (Lipinski definition) is 3. The average Bonchev–Trinajstić information content (AvgIpc) is 2.91. The van der Waals surface area contributed by atoms with Crippen LogP contribution in [-0.4, -0.2) is 28.0 Å². The van der Waals surface area contributed by atoms with Crippen LogP contribution in [0.3, 0.4) is 0 Å². The lowest BCUT2D eigenvalue weighted by atomic mass is 9.90. The first-order valence-corrected chi connectivity index (χ1v) is 7.02. The number of rotatable bonds is 5. The summed E-state index contributed by atoms with van der Waals surface area (Å²) >= 11 is 0. The number of anilines is 1. The molecule has 21 heavy (non-hydrogen) atoms. The third-order valence-corrected chi connectivity index (χ3v) is 3.80. The van der Waals surface area contributed by atoms with Gasteiger partial charge in [0.1, 0.15) is 5.75 Å². The van der Waals surface area contributed by atoms with E-state index in [1.165, 1.54) is 12.1 Å². The van der Waals surface area contributed by atoms with Gasteiger partial charge in [0, 0.05) is 6.07 Å². The number of benzene rings is 1. The van der Waals surface area contributed by atoms with Gasteiger partial charge in [0.2, 0.25) is 5.91 Å². The number of nitrogens with zero attached hydrogens (tertiary/aromatic N) is 1. The molecule has 0 spiro atoms. The molecule has 0 aliphatic carbocycles. The number of amides is 1. The average molecular weight is 293 g/mol. The zero-order chi connectivity index (χ0) is 15.5. The summed E-state index contributed by atoms with van der Waals surface area (Å²) in [4.78, 5) is 22.5. The topological polar surface area (TPSA) is 104 Å². The van der Waals surface area contributed by atoms with E-state index in [0.29, 0.717) is 6.42 Å². The Morgan fingerprint density at radius 3 is 2.86 bits per heavy atom. The minimum absolute atomic E-state index is 0.190. The Hall–Kier alpha value is -2.15. The minimum Gasteiger partial charge on any atom is -0.506 e. The fourth-order valence-corrected chi connectivity index (χ4v) is 2.73. The standard InChI is InChI=1S/C14H19N3O4/c1-2-6-14(7-3-8-15-14)13(19)16-11-5-4-10(17(20)21)9-12(11)18/h4-5,9,15,18H,2-3,6-8H2,1H3,(H,16,19). The molecule has 1 aromatic carbocycles. The number of carbonyl (C=O) groups excluding carboxylic acids is 1. The molecule has 1 amide bonds. The number of nitro benzene ring substituents is 1. The Kier molecular flexibility index (Phi) is 4.42. The molecule has 3 N–H and O–H groups in total. The summed E-state index contributed by atoms with van der Waals surface area (Å²) in [5, 5.41) is 26.3. The van der Waals surface area contributed by atoms with Crippen LogP contribution in [0.5, 0.6) is 5.75 Å². The molecule has 1 fully saturated rings. The summed E-state index contributed by atoms with van der Waals surface area (Å²) in [7, 11) is 0. The van der Waals surface area contributed by atoms with Crippen molar-refractivity contribution >= 4 is 17.3 Å². The van der Waals surface area contributed by atoms with Gasteiger partial charge in [-0.1, -0.05) is 13.3 Å². The fraction of sp³-hybridized carbons (Fsp3) is 0.500. The van der Waals surface area contributed by atoms with Crippen LogP contribution in [0, 0.1) is 10.1 Å². The summed E-state index contributed by atoms with van der Waals surface area (Å²) in [6, 6.07) is 3.63. The number of hydrogen-bond acceptors (Lipinski definition) is 5. The molecule has 1 aromatic rings. The van der Waals surface area contributed by atoms with Crippen molar-refractivity contribution in [2.75, 3.05) is 11.9 Å². The van der Waals surface area contributed by atoms with Crippen molar-refractivity contribution in [1.82, 2.24) is 5.32 Å². The largest absolute Gasteiger partial charge is 0.506 e. The lowest BCUT2D eigenvalue weighted by molar-refractivity contribution is -0.384. The smallest absolute Gasteiger partial charge is 0.273 e. The van der Waals surface area contributed by atoms with Crippen molar-refractivity contribution < 1.29 is 14.8 Å². The molecule has 0 bridgehead atoms. The van der Waals surface area contributed by atoms with E-state index < -0.39 is 10.5 Å². The SMILES string of the molecule is CCCC1(C(=O)Nc2ccc([N+](=O)[O-])cc2O)CCCN1. The quantitative estimate of drug-likeness (QED) is 0.438. The van der Waals surface area contributed by atoms with Gasteiger partial charge in [0.15, 0.2) is 0 Å². The summed E-state index contributed by atoms with van der Waals surface area (Å²) in [5.41, 5.74) is -0.634. The molecule has 7 heteroatoms. The van der Waals surface area contributed by atoms with Gasteiger partial charge in [-0.05, 0) is 31.9 Å². The Morgan fingerprint density at radius 1 is 1.57 bits per heavy atom. The van der Waals surface area contributed by atoms with Crippen molar-refractivity contribution in [1.29, 1.82) is 0 Å². The van der Waals surface area contributed by atoms with Crippen LogP contribution < -0.4 is 10.6 Å². The molecule has 0 saturated carbocycles. The maximum atomic E-state index is 12.5. The highest BCUT2D eigenvalue weighted by atomic mass is 16.6. The Labute approximate surface area is 122 Å². The normalized spacial score (nSPS) is 21.2. The van der Waals surface area contributed by atoms with E-state index in [-0.39, 0.29) is 23.0 Å². The maximum absolute atomic E-state index is 12.5. The molecule has 0 aromatic heterocycles. The second-order valence-electron chi connectivity index (χ2n) is 5.28. The third-order valence-electron chi connectivity index (χ3n) is 3.80. The molecule has 1 aliphatic rings. The van der Waals surface area contributed by atoms with Gasteiger partial charge in [0.05, 0.1) is 22.2 Å². The molecule has 1 unspecified atom stereocenters. The minimum atomic E-state index is -0.608. The van der Waals surface area contributed by atoms with E-state index in [1.54, 1.807) is 0 Å². The number of nitrogens with one attached hydrogen (secondary N) is 2. The van der Waals surface area contributed by atoms with Crippen LogP contribution in [0.2, 0.25) is 0 Å². The molecule has 1 saturated heterocycles. The van der Waals surface area contributed by atoms with Gasteiger partial charge in [-0.15, -0.1) is 0 Å². The molecule has 2 rings (SSSR count). The third kappa shape index (κ3) is 3.13. The van der Waals surface area contributed by atoms with Gasteiger partial charge in [0.25, 0.3) is 5.69 Å². The maximum Gasteiger partial charge on any atom is 0.273 e. The van der Waals surface area contributed by atoms with Crippen molar-refractivity contribution in [2.24, 2.45) is 0 Å². The Balaban J connectivity index is 2.17. The molecular formula is C14H19N3O4. The zero-order valence-electron chi connectivity index (χ0n) is 11.9. The van der Waals surface area contributed by atoms with Crippen LogP contribution in [0.15, 0.2) is 18.2 Å². The summed E-state index contributed by atoms with van der Waals surface area (Å²) in [5.74, 6) is -0.506. The molecule has 114 valence electrons. The van der Waals surface area contributed by atoms with Gasteiger partial charge in [-0.3, -0.25) is 14.9 Å². The van der Waals surface area contributed by atoms with Crippen LogP contribution in [-0.2, 0) is 4.79 Å². The molecular weight excluding hydrogens is 274 g/mol. The van der Waals surface area contributed by atoms with E-state index in [4.69, 9.17) is 0 Å². The Morgan fingerprint density at radius 2 is 2.33 bits per heavy atom. The van der Waals surface area contributed by atoms with E-state index in [9.17, 15) is 20.0 Å². The van der Waals surface area contributed by atoms with Gasteiger partial charge in [-0.2, -0.15) is 0 Å². The van der Waals surface area contributed by atoms with Gasteiger partial charge >= 0.3 is 0 Å². The monoisotopic (exact) mass is 293 g/mol. The number of phenolic OH excluding ortho intramolecular Hbond substituents is 1. The lowest BCUT2D eigenvalue weighted by Gasteiger charge is -2.27. The molecule has 1 atom stereocenters. The molecule has 0 radical (unpaired) electrons. The van der Waals surface area contributed by atoms with Crippen LogP contribution in [0.25, 0.3) is 0 Å². The van der Waals surface area contributed by atoms with Gasteiger partial charge in [-0.25, -0.2) is 0 Å². The summed E-state index contributed by atoms with van der Waals surface area (Å²) < 4.78 is 0. The number of non-ortho nitro benzene ring substituents is 1. The predicted molar refractivity (Wildman–Crippen MR) is 78.3 cm³/mol. The second-order valence-corrected chi connectivity index (χ2v) is 5.28. The zero-order valence-corrected chi connectivity index (χ0v) is 11.9. The molecule has 7 nitrogen and oxygen atoms in total. The summed E-state index contributed by atoms with van der Waals surface area (Å²) in [6.07, 6.45) is 3.26. The van der Waals surface area contributed by atoms with E-state index in [0.717, 1.165) is 31.9 Å². The fourth-order valence-electron chi connectivity index (χ4n) is 2.73. The highest BCUT2D eigenvalue weighted by Crippen LogP contribution is 2.31. The predicted octanol–water partition coefficient (Wildman–Crippen LogP) is 2.16. The van der Waals surface area contributed by atoms with Crippen LogP contribution in [0.1, 0.15) is 32.6 Å². The van der Waals surface area contributed by atoms with Crippen LogP contribution in [0.4, 0.5) is 11.4 Å². The number of nitro groups is 1. The first-order chi connectivity index (χ1) is 9.98. The summed E-state index contributed by atoms with van der Waals surface area (Å²) in [6.45, 7) is 2.80. The van der Waals surface area contributed by atoms with Crippen molar-refractivity contribution in [3.8, 4) is 5.75 Å². The van der Waals surface area contributed by atoms with Crippen molar-refractivity contribution in [3.63, 3.8) is 0 Å². The van der Waals surface area contributed by atoms with E-state index >= 15 is 0 Å². The lowest BCUT2D eigenvalue weighted by Crippen LogP contribution is -2.50. The first kappa shape index (κ1) is 15.2. The van der Waals surface area contributed by atoms with Gasteiger partial charge < -0.3 is 15.7 Å². The second kappa shape index (κ2) is 6.09. The number of carbonyl (C=O) groups is 1. The highest BCUT2D eigenvalue weighted by molar-refractivity contribution is 5.99. The molecule has 1 aliphatic heterocycles. The molecule has 1 heterocycles. The van der Waals surface area contributed by atoms with Crippen molar-refractivity contribution in [3.05, 3.63) is 28.3 Å². The highest BCUT2D eigenvalue weighted by Gasteiger charge is 2.40. The number of phenols is 1. The van der Waals surface area contributed by atoms with E-state index in [2.05, 4.69) is 10.6 Å². The first-order valence-electron chi connectivity index (χ1n) is 7.02. The van der Waals surface area contributed by atoms with Crippen molar-refractivity contribution in [2.45, 2.75) is 38.1 Å². The number of aromatic hydroxyl groups is 1. The van der Waals surface area contributed by atoms with Crippen LogP contribution >= 0.6 is 0 Å². The Bertz CT molecular complexity index is 553. The van der Waals surface area contributed by atoms with E-state index in [1.807, 2.05) is 6.92 Å².